The molecular formula is C16H9IO. The number of rotatable bonds is 0. The van der Waals surface area contributed by atoms with E-state index in [2.05, 4.69) is 65.1 Å². The molecule has 1 aromatic heterocycles. The van der Waals surface area contributed by atoms with E-state index in [9.17, 15) is 0 Å². The van der Waals surface area contributed by atoms with Crippen LogP contribution in [0.15, 0.2) is 59.0 Å². The van der Waals surface area contributed by atoms with Gasteiger partial charge < -0.3 is 4.42 Å². The molecule has 2 heteroatoms. The molecule has 4 aromatic rings. The van der Waals surface area contributed by atoms with E-state index in [1.165, 1.54) is 21.5 Å². The zero-order chi connectivity index (χ0) is 12.1. The third-order valence-corrected chi connectivity index (χ3v) is 4.13. The lowest BCUT2D eigenvalue weighted by molar-refractivity contribution is 0.667. The van der Waals surface area contributed by atoms with Crippen molar-refractivity contribution in [3.8, 4) is 0 Å². The molecule has 0 spiro atoms. The van der Waals surface area contributed by atoms with E-state index in [1.54, 1.807) is 0 Å². The summed E-state index contributed by atoms with van der Waals surface area (Å²) in [6.45, 7) is 0. The summed E-state index contributed by atoms with van der Waals surface area (Å²) in [5, 5.41) is 4.95. The van der Waals surface area contributed by atoms with Crippen LogP contribution in [-0.2, 0) is 0 Å². The zero-order valence-electron chi connectivity index (χ0n) is 9.48. The standard InChI is InChI=1S/C16H9IO/c17-13-9-10-5-1-2-6-11(10)15-12-7-3-4-8-14(12)18-16(13)15/h1-9H. The summed E-state index contributed by atoms with van der Waals surface area (Å²) in [6.07, 6.45) is 0. The number of fused-ring (bicyclic) bond motifs is 5. The van der Waals surface area contributed by atoms with Gasteiger partial charge in [0, 0.05) is 10.8 Å². The monoisotopic (exact) mass is 344 g/mol. The topological polar surface area (TPSA) is 13.1 Å². The number of hydrogen-bond acceptors (Lipinski definition) is 1. The van der Waals surface area contributed by atoms with Crippen molar-refractivity contribution in [2.45, 2.75) is 0 Å². The molecule has 0 saturated heterocycles. The van der Waals surface area contributed by atoms with Crippen LogP contribution in [0.4, 0.5) is 0 Å². The lowest BCUT2D eigenvalue weighted by atomic mass is 10.0. The van der Waals surface area contributed by atoms with Gasteiger partial charge in [-0.2, -0.15) is 0 Å². The van der Waals surface area contributed by atoms with Crippen molar-refractivity contribution in [1.82, 2.24) is 0 Å². The predicted molar refractivity (Wildman–Crippen MR) is 83.9 cm³/mol. The minimum Gasteiger partial charge on any atom is -0.455 e. The molecule has 0 aliphatic rings. The van der Waals surface area contributed by atoms with Crippen molar-refractivity contribution < 1.29 is 4.42 Å². The summed E-state index contributed by atoms with van der Waals surface area (Å²) >= 11 is 2.35. The van der Waals surface area contributed by atoms with Gasteiger partial charge in [-0.25, -0.2) is 0 Å². The van der Waals surface area contributed by atoms with Crippen molar-refractivity contribution in [1.29, 1.82) is 0 Å². The summed E-state index contributed by atoms with van der Waals surface area (Å²) in [6, 6.07) is 18.9. The molecule has 0 bridgehead atoms. The summed E-state index contributed by atoms with van der Waals surface area (Å²) < 4.78 is 7.15. The van der Waals surface area contributed by atoms with Crippen LogP contribution in [0.5, 0.6) is 0 Å². The maximum absolute atomic E-state index is 5.98. The second-order valence-corrected chi connectivity index (χ2v) is 5.54. The lowest BCUT2D eigenvalue weighted by Crippen LogP contribution is -1.77. The van der Waals surface area contributed by atoms with Crippen molar-refractivity contribution in [2.24, 2.45) is 0 Å². The van der Waals surface area contributed by atoms with E-state index in [1.807, 2.05) is 12.1 Å². The number of para-hydroxylation sites is 1. The van der Waals surface area contributed by atoms with Gasteiger partial charge in [0.2, 0.25) is 0 Å². The first-order valence-corrected chi connectivity index (χ1v) is 6.91. The van der Waals surface area contributed by atoms with E-state index >= 15 is 0 Å². The van der Waals surface area contributed by atoms with E-state index in [4.69, 9.17) is 4.42 Å². The van der Waals surface area contributed by atoms with Gasteiger partial charge in [0.25, 0.3) is 0 Å². The molecule has 4 rings (SSSR count). The Hall–Kier alpha value is -1.55. The van der Waals surface area contributed by atoms with Crippen LogP contribution in [0.25, 0.3) is 32.7 Å². The first-order valence-electron chi connectivity index (χ1n) is 5.83. The number of hydrogen-bond donors (Lipinski definition) is 0. The fraction of sp³-hybridized carbons (Fsp3) is 0. The molecule has 0 aliphatic heterocycles. The normalized spacial score (nSPS) is 11.6. The molecule has 1 nitrogen and oxygen atoms in total. The van der Waals surface area contributed by atoms with E-state index < -0.39 is 0 Å². The molecule has 0 saturated carbocycles. The average molecular weight is 344 g/mol. The van der Waals surface area contributed by atoms with Gasteiger partial charge in [-0.1, -0.05) is 42.5 Å². The Kier molecular flexibility index (Phi) is 2.14. The van der Waals surface area contributed by atoms with Crippen LogP contribution in [0.1, 0.15) is 0 Å². The van der Waals surface area contributed by atoms with Crippen LogP contribution >= 0.6 is 22.6 Å². The quantitative estimate of drug-likeness (QED) is 0.392. The second kappa shape index (κ2) is 3.72. The molecule has 0 atom stereocenters. The van der Waals surface area contributed by atoms with Crippen LogP contribution in [0, 0.1) is 3.57 Å². The number of furan rings is 1. The van der Waals surface area contributed by atoms with Crippen molar-refractivity contribution >= 4 is 55.3 Å². The average Bonchev–Trinajstić information content (AvgIpc) is 2.79. The van der Waals surface area contributed by atoms with Gasteiger partial charge in [0.1, 0.15) is 11.2 Å². The summed E-state index contributed by atoms with van der Waals surface area (Å²) in [4.78, 5) is 0. The second-order valence-electron chi connectivity index (χ2n) is 4.38. The predicted octanol–water partition coefficient (Wildman–Crippen LogP) is 5.34. The Balaban J connectivity index is 2.41. The minimum atomic E-state index is 0.960. The molecule has 0 aliphatic carbocycles. The highest BCUT2D eigenvalue weighted by Gasteiger charge is 2.12. The Morgan fingerprint density at radius 2 is 1.56 bits per heavy atom. The largest absolute Gasteiger partial charge is 0.455 e. The van der Waals surface area contributed by atoms with Gasteiger partial charge >= 0.3 is 0 Å². The third kappa shape index (κ3) is 1.32. The van der Waals surface area contributed by atoms with E-state index in [-0.39, 0.29) is 0 Å². The maximum atomic E-state index is 5.98. The highest BCUT2D eigenvalue weighted by molar-refractivity contribution is 14.1. The first kappa shape index (κ1) is 10.4. The highest BCUT2D eigenvalue weighted by Crippen LogP contribution is 2.37. The Bertz CT molecular complexity index is 889. The molecule has 0 amide bonds. The summed E-state index contributed by atoms with van der Waals surface area (Å²) in [7, 11) is 0. The fourth-order valence-corrected chi connectivity index (χ4v) is 3.25. The number of benzene rings is 3. The smallest absolute Gasteiger partial charge is 0.149 e. The van der Waals surface area contributed by atoms with Crippen molar-refractivity contribution in [3.05, 3.63) is 58.2 Å². The van der Waals surface area contributed by atoms with Crippen LogP contribution in [-0.4, -0.2) is 0 Å². The van der Waals surface area contributed by atoms with Crippen molar-refractivity contribution in [2.75, 3.05) is 0 Å². The molecule has 0 N–H and O–H groups in total. The molecule has 0 radical (unpaired) electrons. The van der Waals surface area contributed by atoms with E-state index in [0.717, 1.165) is 14.7 Å². The van der Waals surface area contributed by atoms with Gasteiger partial charge in [-0.3, -0.25) is 0 Å². The molecule has 86 valence electrons. The summed E-state index contributed by atoms with van der Waals surface area (Å²) in [5.41, 5.74) is 1.96. The fourth-order valence-electron chi connectivity index (χ4n) is 2.53. The molecular weight excluding hydrogens is 335 g/mol. The Morgan fingerprint density at radius 3 is 2.44 bits per heavy atom. The molecule has 0 fully saturated rings. The zero-order valence-corrected chi connectivity index (χ0v) is 11.6. The number of halogens is 1. The third-order valence-electron chi connectivity index (χ3n) is 3.32. The Morgan fingerprint density at radius 1 is 0.833 bits per heavy atom. The van der Waals surface area contributed by atoms with Gasteiger partial charge in [-0.15, -0.1) is 0 Å². The van der Waals surface area contributed by atoms with Gasteiger partial charge in [0.05, 0.1) is 3.57 Å². The van der Waals surface area contributed by atoms with Crippen LogP contribution in [0.2, 0.25) is 0 Å². The van der Waals surface area contributed by atoms with Crippen LogP contribution in [0.3, 0.4) is 0 Å². The molecule has 1 heterocycles. The van der Waals surface area contributed by atoms with Crippen LogP contribution < -0.4 is 0 Å². The SMILES string of the molecule is Ic1cc2ccccc2c2c1oc1ccccc12. The lowest BCUT2D eigenvalue weighted by Gasteiger charge is -2.01. The summed E-state index contributed by atoms with van der Waals surface area (Å²) in [5.74, 6) is 0. The maximum Gasteiger partial charge on any atom is 0.149 e. The highest BCUT2D eigenvalue weighted by atomic mass is 127. The first-order chi connectivity index (χ1) is 8.84. The molecule has 0 unspecified atom stereocenters. The Labute approximate surface area is 118 Å². The molecule has 3 aromatic carbocycles. The van der Waals surface area contributed by atoms with Crippen molar-refractivity contribution in [3.63, 3.8) is 0 Å². The van der Waals surface area contributed by atoms with Gasteiger partial charge in [0.15, 0.2) is 0 Å². The van der Waals surface area contributed by atoms with E-state index in [0.29, 0.717) is 0 Å². The minimum absolute atomic E-state index is 0.960. The molecule has 18 heavy (non-hydrogen) atoms. The van der Waals surface area contributed by atoms with Gasteiger partial charge in [-0.05, 0) is 45.5 Å².